The lowest BCUT2D eigenvalue weighted by Gasteiger charge is -2.44. The zero-order valence-corrected chi connectivity index (χ0v) is 27.6. The van der Waals surface area contributed by atoms with Crippen LogP contribution in [-0.4, -0.2) is 77.0 Å². The molecule has 1 fully saturated rings. The highest BCUT2D eigenvalue weighted by molar-refractivity contribution is 8.39. The van der Waals surface area contributed by atoms with Crippen LogP contribution in [0.3, 0.4) is 0 Å². The van der Waals surface area contributed by atoms with Crippen LogP contribution in [-0.2, 0) is 23.7 Å². The van der Waals surface area contributed by atoms with Crippen molar-refractivity contribution in [3.8, 4) is 0 Å². The number of esters is 4. The van der Waals surface area contributed by atoms with Crippen LogP contribution in [0.2, 0.25) is 0 Å². The fourth-order valence-corrected chi connectivity index (χ4v) is 7.36. The Morgan fingerprint density at radius 2 is 1.04 bits per heavy atom. The summed E-state index contributed by atoms with van der Waals surface area (Å²) in [5, 5.41) is 0. The topological polar surface area (TPSA) is 127 Å². The number of hydrogen-bond donors (Lipinski definition) is 0. The normalized spacial score (nSPS) is 21.6. The zero-order chi connectivity index (χ0) is 34.0. The summed E-state index contributed by atoms with van der Waals surface area (Å²) in [7, 11) is 0. The third-order valence-corrected chi connectivity index (χ3v) is 9.86. The molecule has 0 bridgehead atoms. The zero-order valence-electron chi connectivity index (χ0n) is 26.0. The SMILES string of the molecule is O=C(OC[C@H]1OC(SC2=NCCS2)[C@@H](OC(=O)c2ccccc2)[C@@H](OC(=O)c2ccccc2)[C@@H]1OC(=O)c1ccccc1)c1ccccc1. The van der Waals surface area contributed by atoms with Gasteiger partial charge in [-0.15, -0.1) is 0 Å². The van der Waals surface area contributed by atoms with Gasteiger partial charge in [-0.3, -0.25) is 4.99 Å². The lowest BCUT2D eigenvalue weighted by Crippen LogP contribution is -2.62. The van der Waals surface area contributed by atoms with E-state index in [2.05, 4.69) is 4.99 Å². The molecule has 4 aromatic rings. The molecule has 0 aliphatic carbocycles. The summed E-state index contributed by atoms with van der Waals surface area (Å²) in [6.45, 7) is 0.214. The minimum Gasteiger partial charge on any atom is -0.459 e. The highest BCUT2D eigenvalue weighted by Crippen LogP contribution is 2.38. The van der Waals surface area contributed by atoms with Crippen molar-refractivity contribution >= 4 is 51.8 Å². The second kappa shape index (κ2) is 16.5. The number of benzene rings is 4. The van der Waals surface area contributed by atoms with Crippen molar-refractivity contribution in [2.24, 2.45) is 4.99 Å². The number of carbonyl (C=O) groups is 4. The molecule has 0 spiro atoms. The van der Waals surface area contributed by atoms with Gasteiger partial charge in [0.25, 0.3) is 0 Å². The minimum absolute atomic E-state index is 0.224. The standard InChI is InChI=1S/C37H31NO9S2/c39-32(24-13-5-1-6-14-24)43-23-28-29(45-33(40)25-15-7-2-8-16-25)30(46-34(41)26-17-9-3-10-18-26)31(36(44-28)49-37-38-21-22-48-37)47-35(42)27-19-11-4-12-20-27/h1-20,28-31,36H,21-23H2/t28-,29-,30+,31+,36?/m1/s1. The monoisotopic (exact) mass is 697 g/mol. The fourth-order valence-electron chi connectivity index (χ4n) is 5.11. The predicted octanol–water partition coefficient (Wildman–Crippen LogP) is 6.08. The summed E-state index contributed by atoms with van der Waals surface area (Å²) in [6.07, 6.45) is -5.21. The van der Waals surface area contributed by atoms with Gasteiger partial charge in [0.15, 0.2) is 23.7 Å². The Labute approximate surface area is 291 Å². The second-order valence-corrected chi connectivity index (χ2v) is 13.3. The van der Waals surface area contributed by atoms with E-state index in [-0.39, 0.29) is 23.3 Å². The van der Waals surface area contributed by atoms with E-state index < -0.39 is 53.7 Å². The maximum Gasteiger partial charge on any atom is 0.338 e. The molecule has 49 heavy (non-hydrogen) atoms. The molecule has 4 aromatic carbocycles. The number of nitrogens with zero attached hydrogens (tertiary/aromatic N) is 1. The molecule has 250 valence electrons. The third kappa shape index (κ3) is 8.77. The lowest BCUT2D eigenvalue weighted by molar-refractivity contribution is -0.207. The number of ether oxygens (including phenoxy) is 5. The van der Waals surface area contributed by atoms with Gasteiger partial charge in [0.2, 0.25) is 0 Å². The number of carbonyl (C=O) groups excluding carboxylic acids is 4. The largest absolute Gasteiger partial charge is 0.459 e. The number of aliphatic imine (C=N–C) groups is 1. The Morgan fingerprint density at radius 3 is 1.49 bits per heavy atom. The molecule has 0 amide bonds. The van der Waals surface area contributed by atoms with E-state index >= 15 is 0 Å². The molecule has 0 N–H and O–H groups in total. The first-order valence-electron chi connectivity index (χ1n) is 15.5. The van der Waals surface area contributed by atoms with Crippen molar-refractivity contribution in [3.63, 3.8) is 0 Å². The third-order valence-electron chi connectivity index (χ3n) is 7.51. The van der Waals surface area contributed by atoms with Crippen molar-refractivity contribution in [1.29, 1.82) is 0 Å². The van der Waals surface area contributed by atoms with Gasteiger partial charge in [-0.05, 0) is 48.5 Å². The van der Waals surface area contributed by atoms with E-state index in [4.69, 9.17) is 23.7 Å². The van der Waals surface area contributed by atoms with Gasteiger partial charge in [-0.25, -0.2) is 19.2 Å². The average Bonchev–Trinajstić information content (AvgIpc) is 3.67. The first-order chi connectivity index (χ1) is 24.0. The number of rotatable bonds is 10. The first kappa shape index (κ1) is 34.0. The Kier molecular flexibility index (Phi) is 11.4. The molecule has 2 aliphatic heterocycles. The van der Waals surface area contributed by atoms with Gasteiger partial charge < -0.3 is 23.7 Å². The van der Waals surface area contributed by atoms with Crippen LogP contribution in [0.25, 0.3) is 0 Å². The van der Waals surface area contributed by atoms with Crippen molar-refractivity contribution in [1.82, 2.24) is 0 Å². The Morgan fingerprint density at radius 1 is 0.612 bits per heavy atom. The Hall–Kier alpha value is -4.91. The van der Waals surface area contributed by atoms with Gasteiger partial charge >= 0.3 is 23.9 Å². The van der Waals surface area contributed by atoms with E-state index in [1.165, 1.54) is 23.5 Å². The van der Waals surface area contributed by atoms with Crippen LogP contribution in [0.5, 0.6) is 0 Å². The molecule has 12 heteroatoms. The van der Waals surface area contributed by atoms with Gasteiger partial charge in [0.05, 0.1) is 28.8 Å². The summed E-state index contributed by atoms with van der Waals surface area (Å²) in [4.78, 5) is 58.4. The fraction of sp³-hybridized carbons (Fsp3) is 0.216. The molecular formula is C37H31NO9S2. The van der Waals surface area contributed by atoms with E-state index in [1.807, 2.05) is 0 Å². The lowest BCUT2D eigenvalue weighted by atomic mass is 9.98. The summed E-state index contributed by atoms with van der Waals surface area (Å²) in [5.74, 6) is -2.07. The molecule has 5 atom stereocenters. The van der Waals surface area contributed by atoms with Crippen LogP contribution in [0.1, 0.15) is 41.4 Å². The van der Waals surface area contributed by atoms with Gasteiger partial charge in [-0.1, -0.05) is 96.3 Å². The first-order valence-corrected chi connectivity index (χ1v) is 17.3. The van der Waals surface area contributed by atoms with Crippen LogP contribution < -0.4 is 0 Å². The molecule has 0 radical (unpaired) electrons. The predicted molar refractivity (Wildman–Crippen MR) is 185 cm³/mol. The molecule has 1 unspecified atom stereocenters. The van der Waals surface area contributed by atoms with Crippen molar-refractivity contribution in [2.75, 3.05) is 18.9 Å². The summed E-state index contributed by atoms with van der Waals surface area (Å²) < 4.78 is 31.1. The van der Waals surface area contributed by atoms with Crippen LogP contribution in [0.4, 0.5) is 0 Å². The summed E-state index contributed by atoms with van der Waals surface area (Å²) in [6, 6.07) is 33.2. The van der Waals surface area contributed by atoms with Crippen molar-refractivity contribution < 1.29 is 42.9 Å². The van der Waals surface area contributed by atoms with E-state index in [9.17, 15) is 19.2 Å². The van der Waals surface area contributed by atoms with Gasteiger partial charge in [0.1, 0.15) is 17.1 Å². The summed E-state index contributed by atoms with van der Waals surface area (Å²) >= 11 is 2.70. The summed E-state index contributed by atoms with van der Waals surface area (Å²) in [5.41, 5.74) is 0.00542. The van der Waals surface area contributed by atoms with Crippen LogP contribution in [0.15, 0.2) is 126 Å². The highest BCUT2D eigenvalue weighted by Gasteiger charge is 2.53. The molecule has 1 saturated heterocycles. The molecule has 6 rings (SSSR count). The maximum absolute atomic E-state index is 13.7. The van der Waals surface area contributed by atoms with Crippen molar-refractivity contribution in [3.05, 3.63) is 144 Å². The Balaban J connectivity index is 1.39. The molecule has 0 saturated carbocycles. The van der Waals surface area contributed by atoms with Crippen LogP contribution in [0, 0.1) is 0 Å². The minimum atomic E-state index is -1.40. The quantitative estimate of drug-likeness (QED) is 0.141. The number of hydrogen-bond acceptors (Lipinski definition) is 12. The van der Waals surface area contributed by atoms with E-state index in [0.717, 1.165) is 5.75 Å². The van der Waals surface area contributed by atoms with Crippen LogP contribution >= 0.6 is 23.5 Å². The molecule has 0 aromatic heterocycles. The molecule has 2 heterocycles. The smallest absolute Gasteiger partial charge is 0.338 e. The second-order valence-electron chi connectivity index (χ2n) is 10.8. The molecule has 2 aliphatic rings. The van der Waals surface area contributed by atoms with E-state index in [1.54, 1.807) is 121 Å². The number of thioether (sulfide) groups is 2. The van der Waals surface area contributed by atoms with Gasteiger partial charge in [-0.2, -0.15) is 0 Å². The Bertz CT molecular complexity index is 1780. The molecular weight excluding hydrogens is 667 g/mol. The molecule has 10 nitrogen and oxygen atoms in total. The van der Waals surface area contributed by atoms with E-state index in [0.29, 0.717) is 16.5 Å². The highest BCUT2D eigenvalue weighted by atomic mass is 32.2. The van der Waals surface area contributed by atoms with Gasteiger partial charge in [0, 0.05) is 5.75 Å². The maximum atomic E-state index is 13.7. The van der Waals surface area contributed by atoms with Crippen molar-refractivity contribution in [2.45, 2.75) is 29.9 Å². The average molecular weight is 698 g/mol.